The summed E-state index contributed by atoms with van der Waals surface area (Å²) in [5.74, 6) is 0. The number of hydrogen-bond acceptors (Lipinski definition) is 3. The van der Waals surface area contributed by atoms with E-state index in [0.717, 1.165) is 30.0 Å². The minimum atomic E-state index is 0.893. The lowest BCUT2D eigenvalue weighted by atomic mass is 10.2. The lowest BCUT2D eigenvalue weighted by molar-refractivity contribution is 0.465. The molecule has 3 nitrogen and oxygen atoms in total. The minimum absolute atomic E-state index is 0.893. The lowest BCUT2D eigenvalue weighted by Gasteiger charge is -2.12. The van der Waals surface area contributed by atoms with E-state index in [1.807, 2.05) is 24.3 Å². The van der Waals surface area contributed by atoms with Crippen LogP contribution in [0.1, 0.15) is 18.4 Å². The smallest absolute Gasteiger partial charge is 0.0943 e. The molecule has 1 fully saturated rings. The highest BCUT2D eigenvalue weighted by molar-refractivity contribution is 5.48. The molecule has 1 aromatic rings. The van der Waals surface area contributed by atoms with Crippen LogP contribution in [-0.4, -0.2) is 18.0 Å². The average Bonchev–Trinajstić information content (AvgIpc) is 3.11. The van der Waals surface area contributed by atoms with Crippen molar-refractivity contribution in [3.05, 3.63) is 65.5 Å². The molecule has 0 radical (unpaired) electrons. The Morgan fingerprint density at radius 1 is 1.05 bits per heavy atom. The highest BCUT2D eigenvalue weighted by Crippen LogP contribution is 2.24. The molecule has 102 valence electrons. The molecule has 0 bridgehead atoms. The highest BCUT2D eigenvalue weighted by atomic mass is 15.1. The maximum Gasteiger partial charge on any atom is 0.0943 e. The van der Waals surface area contributed by atoms with E-state index in [1.165, 1.54) is 18.4 Å². The van der Waals surface area contributed by atoms with Gasteiger partial charge in [-0.1, -0.05) is 29.8 Å². The van der Waals surface area contributed by atoms with E-state index in [4.69, 9.17) is 0 Å². The van der Waals surface area contributed by atoms with Crippen LogP contribution in [0.25, 0.3) is 0 Å². The topological polar surface area (TPSA) is 28.0 Å². The Kier molecular flexibility index (Phi) is 3.77. The van der Waals surface area contributed by atoms with Gasteiger partial charge in [0.2, 0.25) is 0 Å². The van der Waals surface area contributed by atoms with Gasteiger partial charge in [-0.05, 0) is 38.0 Å². The summed E-state index contributed by atoms with van der Waals surface area (Å²) in [6, 6.07) is 8.09. The molecule has 0 amide bonds. The summed E-state index contributed by atoms with van der Waals surface area (Å²) in [6.45, 7) is 4.38. The Morgan fingerprint density at radius 2 is 1.80 bits per heavy atom. The standard InChI is InChI=1S/C17H19N3/c1-14-7-9-16(10-8-14)18-19-17-6-4-5-15(17)13-20-11-2-3-12-20/h4-10,13H,2-3,11-12H2,1H3. The number of benzene rings is 1. The van der Waals surface area contributed by atoms with Crippen molar-refractivity contribution in [3.63, 3.8) is 0 Å². The van der Waals surface area contributed by atoms with Crippen LogP contribution in [0.3, 0.4) is 0 Å². The molecular formula is C17H19N3. The molecule has 1 saturated heterocycles. The first kappa shape index (κ1) is 12.9. The van der Waals surface area contributed by atoms with Crippen molar-refractivity contribution in [1.29, 1.82) is 0 Å². The number of hydrogen-bond donors (Lipinski definition) is 0. The molecule has 20 heavy (non-hydrogen) atoms. The summed E-state index contributed by atoms with van der Waals surface area (Å²) in [4.78, 5) is 2.36. The van der Waals surface area contributed by atoms with Crippen molar-refractivity contribution < 1.29 is 0 Å². The van der Waals surface area contributed by atoms with Crippen LogP contribution in [0, 0.1) is 6.92 Å². The SMILES string of the molecule is Cc1ccc(N=NC2=CC=CC2=CN2CCCC2)cc1. The van der Waals surface area contributed by atoms with E-state index in [0.29, 0.717) is 0 Å². The fourth-order valence-electron chi connectivity index (χ4n) is 2.42. The molecular weight excluding hydrogens is 246 g/mol. The van der Waals surface area contributed by atoms with Crippen LogP contribution < -0.4 is 0 Å². The van der Waals surface area contributed by atoms with Gasteiger partial charge in [0.1, 0.15) is 0 Å². The summed E-state index contributed by atoms with van der Waals surface area (Å²) in [5.41, 5.74) is 4.23. The first-order valence-corrected chi connectivity index (χ1v) is 7.14. The monoisotopic (exact) mass is 265 g/mol. The molecule has 0 aromatic heterocycles. The van der Waals surface area contributed by atoms with Gasteiger partial charge in [-0.15, -0.1) is 5.11 Å². The maximum atomic E-state index is 4.38. The first-order valence-electron chi connectivity index (χ1n) is 7.14. The van der Waals surface area contributed by atoms with Crippen molar-refractivity contribution in [2.45, 2.75) is 19.8 Å². The van der Waals surface area contributed by atoms with Crippen LogP contribution in [0.4, 0.5) is 5.69 Å². The third-order valence-electron chi connectivity index (χ3n) is 3.60. The number of aryl methyl sites for hydroxylation is 1. The molecule has 3 rings (SSSR count). The van der Waals surface area contributed by atoms with Crippen molar-refractivity contribution in [1.82, 2.24) is 4.90 Å². The van der Waals surface area contributed by atoms with E-state index >= 15 is 0 Å². The molecule has 1 aliphatic carbocycles. The Bertz CT molecular complexity index is 585. The van der Waals surface area contributed by atoms with E-state index in [-0.39, 0.29) is 0 Å². The fourth-order valence-corrected chi connectivity index (χ4v) is 2.42. The maximum absolute atomic E-state index is 4.38. The molecule has 0 spiro atoms. The zero-order valence-corrected chi connectivity index (χ0v) is 11.8. The lowest BCUT2D eigenvalue weighted by Crippen LogP contribution is -2.11. The summed E-state index contributed by atoms with van der Waals surface area (Å²) < 4.78 is 0. The Morgan fingerprint density at radius 3 is 2.55 bits per heavy atom. The predicted molar refractivity (Wildman–Crippen MR) is 81.8 cm³/mol. The predicted octanol–water partition coefficient (Wildman–Crippen LogP) is 4.51. The van der Waals surface area contributed by atoms with Crippen LogP contribution in [0.15, 0.2) is 70.2 Å². The molecule has 0 N–H and O–H groups in total. The number of azo groups is 1. The van der Waals surface area contributed by atoms with Gasteiger partial charge in [0.05, 0.1) is 11.4 Å². The van der Waals surface area contributed by atoms with Crippen molar-refractivity contribution in [2.24, 2.45) is 10.2 Å². The van der Waals surface area contributed by atoms with Crippen molar-refractivity contribution in [2.75, 3.05) is 13.1 Å². The largest absolute Gasteiger partial charge is 0.377 e. The van der Waals surface area contributed by atoms with E-state index in [1.54, 1.807) is 0 Å². The number of allylic oxidation sites excluding steroid dienone is 3. The van der Waals surface area contributed by atoms with E-state index < -0.39 is 0 Å². The highest BCUT2D eigenvalue weighted by Gasteiger charge is 2.11. The third kappa shape index (κ3) is 3.05. The quantitative estimate of drug-likeness (QED) is 0.739. The number of likely N-dealkylation sites (tertiary alicyclic amines) is 1. The van der Waals surface area contributed by atoms with Gasteiger partial charge in [-0.25, -0.2) is 0 Å². The molecule has 2 aliphatic rings. The summed E-state index contributed by atoms with van der Waals surface area (Å²) >= 11 is 0. The molecule has 1 aliphatic heterocycles. The van der Waals surface area contributed by atoms with Gasteiger partial charge >= 0.3 is 0 Å². The second-order valence-corrected chi connectivity index (χ2v) is 5.27. The number of nitrogens with zero attached hydrogens (tertiary/aromatic N) is 3. The molecule has 0 atom stereocenters. The summed E-state index contributed by atoms with van der Waals surface area (Å²) in [5, 5.41) is 8.69. The Hall–Kier alpha value is -2.16. The van der Waals surface area contributed by atoms with Crippen molar-refractivity contribution in [3.8, 4) is 0 Å². The fraction of sp³-hybridized carbons (Fsp3) is 0.294. The summed E-state index contributed by atoms with van der Waals surface area (Å²) in [6.07, 6.45) is 10.9. The molecule has 1 heterocycles. The van der Waals surface area contributed by atoms with E-state index in [2.05, 4.69) is 46.5 Å². The van der Waals surface area contributed by atoms with Crippen LogP contribution in [-0.2, 0) is 0 Å². The average molecular weight is 265 g/mol. The zero-order chi connectivity index (χ0) is 13.8. The minimum Gasteiger partial charge on any atom is -0.377 e. The van der Waals surface area contributed by atoms with Gasteiger partial charge in [-0.2, -0.15) is 5.11 Å². The zero-order valence-electron chi connectivity index (χ0n) is 11.8. The Labute approximate surface area is 120 Å². The third-order valence-corrected chi connectivity index (χ3v) is 3.60. The molecule has 1 aromatic carbocycles. The van der Waals surface area contributed by atoms with Gasteiger partial charge < -0.3 is 4.90 Å². The second kappa shape index (κ2) is 5.87. The summed E-state index contributed by atoms with van der Waals surface area (Å²) in [7, 11) is 0. The molecule has 3 heteroatoms. The van der Waals surface area contributed by atoms with Gasteiger partial charge in [0, 0.05) is 24.9 Å². The normalized spacial score (nSPS) is 20.4. The molecule has 0 saturated carbocycles. The first-order chi connectivity index (χ1) is 9.81. The van der Waals surface area contributed by atoms with Gasteiger partial charge in [0.25, 0.3) is 0 Å². The van der Waals surface area contributed by atoms with Crippen LogP contribution in [0.2, 0.25) is 0 Å². The van der Waals surface area contributed by atoms with Crippen LogP contribution in [0.5, 0.6) is 0 Å². The van der Waals surface area contributed by atoms with Gasteiger partial charge in [0.15, 0.2) is 0 Å². The van der Waals surface area contributed by atoms with E-state index in [9.17, 15) is 0 Å². The second-order valence-electron chi connectivity index (χ2n) is 5.27. The molecule has 0 unspecified atom stereocenters. The van der Waals surface area contributed by atoms with Crippen LogP contribution >= 0.6 is 0 Å². The number of rotatable bonds is 3. The van der Waals surface area contributed by atoms with Crippen molar-refractivity contribution >= 4 is 5.69 Å². The Balaban J connectivity index is 1.71. The van der Waals surface area contributed by atoms with Gasteiger partial charge in [-0.3, -0.25) is 0 Å².